The van der Waals surface area contributed by atoms with Crippen molar-refractivity contribution in [2.45, 2.75) is 130 Å². The van der Waals surface area contributed by atoms with Gasteiger partial charge >= 0.3 is 12.1 Å². The molecule has 10 aromatic rings. The van der Waals surface area contributed by atoms with E-state index in [0.29, 0.717) is 73.3 Å². The highest BCUT2D eigenvalue weighted by molar-refractivity contribution is 6.35. The number of nitro benzene ring substituents is 2. The summed E-state index contributed by atoms with van der Waals surface area (Å²) >= 11 is 11.7. The van der Waals surface area contributed by atoms with Gasteiger partial charge in [0.15, 0.2) is 5.78 Å². The number of anilines is 2. The number of benzene rings is 8. The molecule has 11 rings (SSSR count). The van der Waals surface area contributed by atoms with Crippen molar-refractivity contribution in [3.8, 4) is 39.8 Å². The van der Waals surface area contributed by atoms with Gasteiger partial charge in [-0.3, -0.25) is 44.4 Å². The normalized spacial score (nSPS) is 12.8. The van der Waals surface area contributed by atoms with E-state index in [0.717, 1.165) is 114 Å². The third-order valence-electron chi connectivity index (χ3n) is 18.5. The molecule has 2 aromatic heterocycles. The fraction of sp³-hybridized carbons (Fsp3) is 0.261. The first-order valence-electron chi connectivity index (χ1n) is 36.9. The number of carbonyl (C=O) groups excluding carboxylic acids is 4. The summed E-state index contributed by atoms with van der Waals surface area (Å²) in [6, 6.07) is 50.1. The largest absolute Gasteiger partial charge is 0.507 e. The molecule has 3 amide bonds. The van der Waals surface area contributed by atoms with E-state index >= 15 is 0 Å². The fourth-order valence-electron chi connectivity index (χ4n) is 12.1. The van der Waals surface area contributed by atoms with E-state index in [1.54, 1.807) is 68.5 Å². The number of carboxylic acids is 1. The zero-order valence-corrected chi connectivity index (χ0v) is 66.1. The molecule has 0 fully saturated rings. The first kappa shape index (κ1) is 88.1. The molecule has 0 unspecified atom stereocenters. The van der Waals surface area contributed by atoms with Crippen molar-refractivity contribution in [2.75, 3.05) is 30.4 Å². The molecule has 0 bridgehead atoms. The van der Waals surface area contributed by atoms with Crippen LogP contribution >= 0.6 is 23.2 Å². The van der Waals surface area contributed by atoms with Gasteiger partial charge in [0, 0.05) is 114 Å². The smallest absolute Gasteiger partial charge is 0.416 e. The summed E-state index contributed by atoms with van der Waals surface area (Å²) in [5.74, 6) is 0.438. The number of phenolic OH excluding ortho intramolecular Hbond substituents is 1. The summed E-state index contributed by atoms with van der Waals surface area (Å²) < 4.78 is 56.7. The van der Waals surface area contributed by atoms with E-state index in [9.17, 15) is 62.5 Å². The predicted octanol–water partition coefficient (Wildman–Crippen LogP) is 20.6. The van der Waals surface area contributed by atoms with E-state index < -0.39 is 45.2 Å². The molecule has 0 spiro atoms. The Labute approximate surface area is 674 Å². The number of pyridine rings is 1. The first-order chi connectivity index (χ1) is 54.7. The van der Waals surface area contributed by atoms with Crippen LogP contribution in [-0.4, -0.2) is 85.3 Å². The number of nitrogens with zero attached hydrogens (tertiary/aromatic N) is 4. The lowest BCUT2D eigenvalue weighted by molar-refractivity contribution is -0.385. The van der Waals surface area contributed by atoms with Crippen LogP contribution in [0.4, 0.5) is 35.9 Å². The number of phenols is 1. The van der Waals surface area contributed by atoms with Gasteiger partial charge in [0.2, 0.25) is 11.8 Å². The molecule has 22 nitrogen and oxygen atoms in total. The van der Waals surface area contributed by atoms with Crippen molar-refractivity contribution >= 4 is 81.5 Å². The zero-order valence-electron chi connectivity index (χ0n) is 64.6. The number of aromatic hydroxyl groups is 1. The minimum Gasteiger partial charge on any atom is -0.507 e. The van der Waals surface area contributed by atoms with Gasteiger partial charge in [0.25, 0.3) is 23.2 Å². The van der Waals surface area contributed by atoms with Crippen molar-refractivity contribution in [1.29, 1.82) is 0 Å². The molecular weight excluding hydrogens is 1520 g/mol. The second-order valence-electron chi connectivity index (χ2n) is 28.1. The number of unbranched alkanes of at least 4 members (excludes halogenated alkanes) is 2. The maximum absolute atomic E-state index is 12.9. The number of allylic oxidation sites excluding steroid dienone is 2. The van der Waals surface area contributed by atoms with Gasteiger partial charge < -0.3 is 45.4 Å². The predicted molar refractivity (Wildman–Crippen MR) is 439 cm³/mol. The number of hydrogen-bond acceptors (Lipinski definition) is 16. The molecule has 600 valence electrons. The van der Waals surface area contributed by atoms with Crippen LogP contribution in [0.2, 0.25) is 10.0 Å². The Kier molecular flexibility index (Phi) is 31.7. The van der Waals surface area contributed by atoms with Crippen LogP contribution in [0.25, 0.3) is 28.7 Å². The molecule has 0 aliphatic heterocycles. The number of oxazole rings is 1. The van der Waals surface area contributed by atoms with Crippen LogP contribution in [-0.2, 0) is 39.4 Å². The van der Waals surface area contributed by atoms with Crippen molar-refractivity contribution in [3.05, 3.63) is 305 Å². The molecule has 0 saturated carbocycles. The maximum atomic E-state index is 12.9. The number of carboxylic acid groups (broad SMARTS) is 1. The summed E-state index contributed by atoms with van der Waals surface area (Å²) in [6.45, 7) is 18.0. The molecular formula is C88H89Cl2F3N8O14. The van der Waals surface area contributed by atoms with Crippen LogP contribution in [0.1, 0.15) is 157 Å². The number of aliphatic carboxylic acids is 1. The molecule has 1 aliphatic carbocycles. The minimum absolute atomic E-state index is 0.0246. The maximum Gasteiger partial charge on any atom is 0.416 e. The number of amides is 3. The van der Waals surface area contributed by atoms with Crippen molar-refractivity contribution in [1.82, 2.24) is 20.6 Å². The molecule has 8 aromatic carbocycles. The summed E-state index contributed by atoms with van der Waals surface area (Å²) in [4.78, 5) is 88.2. The lowest BCUT2D eigenvalue weighted by Gasteiger charge is -2.42. The van der Waals surface area contributed by atoms with Crippen LogP contribution in [0, 0.1) is 27.2 Å². The number of aromatic nitrogens is 2. The molecule has 27 heteroatoms. The lowest BCUT2D eigenvalue weighted by atomic mass is 9.62. The molecule has 0 radical (unpaired) electrons. The molecule has 0 saturated heterocycles. The van der Waals surface area contributed by atoms with Crippen molar-refractivity contribution in [2.24, 2.45) is 0 Å². The van der Waals surface area contributed by atoms with E-state index in [1.807, 2.05) is 73.7 Å². The molecule has 115 heavy (non-hydrogen) atoms. The molecule has 2 heterocycles. The van der Waals surface area contributed by atoms with E-state index in [1.165, 1.54) is 53.9 Å². The Hall–Kier alpha value is -12.5. The highest BCUT2D eigenvalue weighted by Crippen LogP contribution is 2.50. The summed E-state index contributed by atoms with van der Waals surface area (Å²) in [5, 5.41) is 52.7. The van der Waals surface area contributed by atoms with E-state index in [4.69, 9.17) is 42.2 Å². The standard InChI is InChI=1S/C35H36F3N3O4.C28H36O4.C13H9ClN2O3.C12H8ClN3O3/c1-4-33(43)39-22-29(40-23(2)20-32(42)26-12-14-28(15-13-26)35(36,37)38)21-25-10-16-30(17-11-25)44-19-18-31-24(3)45-34(41-31)27-8-6-5-7-9-27;1-6-7-8-15-32-25-18-23-22(27(2,3)13-14-28(23,4)5)17-21(25)20-16-19(9-11-24(20)29)10-12-26(30)31;14-12-7-6-10(16(18)19)8-11(12)13(17)15-9-4-2-1-3-5-9;13-11-2-1-9(16(18)19)7-10(11)12(17)15-8-3-5-14-6-4-8/h5-17,20,29,40H,4,18-19,21-22H2,1-3H3,(H,39,43);9-12,16-18,29H,6-8,13-15H2,1-5H3,(H,30,31);1-8H,(H,15,17);1-7H,(H,14,15,17)/b23-20-;12-10+;;/t29-;;;/m0.../s1. The number of rotatable bonds is 28. The van der Waals surface area contributed by atoms with Crippen LogP contribution < -0.4 is 30.7 Å². The Morgan fingerprint density at radius 3 is 1.82 bits per heavy atom. The summed E-state index contributed by atoms with van der Waals surface area (Å²) in [6.07, 6.45) is 9.43. The molecule has 1 aliphatic rings. The van der Waals surface area contributed by atoms with Gasteiger partial charge in [-0.25, -0.2) is 9.78 Å². The SMILES string of the molecule is CCC(=O)NC[C@H](Cc1ccc(OCCc2nc(-c3ccccc3)oc2C)cc1)N/C(C)=C\C(=O)c1ccc(C(F)(F)F)cc1.CCCCCOc1cc2c(cc1-c1cc(/C=C/C(=O)O)ccc1O)C(C)(C)CCC2(C)C.O=C(Nc1ccccc1)c1cc([N+](=O)[O-])ccc1Cl.O=C(Nc1ccncc1)c1cc([N+](=O)[O-])ccc1Cl. The van der Waals surface area contributed by atoms with E-state index in [2.05, 4.69) is 78.0 Å². The quantitative estimate of drug-likeness (QED) is 0.00872. The van der Waals surface area contributed by atoms with Crippen LogP contribution in [0.5, 0.6) is 17.2 Å². The van der Waals surface area contributed by atoms with E-state index in [-0.39, 0.29) is 66.6 Å². The van der Waals surface area contributed by atoms with Crippen molar-refractivity contribution < 1.29 is 71.1 Å². The Morgan fingerprint density at radius 2 is 1.26 bits per heavy atom. The van der Waals surface area contributed by atoms with Gasteiger partial charge in [-0.15, -0.1) is 0 Å². The zero-order chi connectivity index (χ0) is 83.6. The number of nitro groups is 2. The highest BCUT2D eigenvalue weighted by Gasteiger charge is 2.39. The van der Waals surface area contributed by atoms with Gasteiger partial charge in [-0.1, -0.05) is 144 Å². The minimum atomic E-state index is -4.47. The number of aryl methyl sites for hydroxylation is 1. The number of fused-ring (bicyclic) bond motifs is 1. The Bertz CT molecular complexity index is 4990. The third-order valence-corrected chi connectivity index (χ3v) is 19.2. The Morgan fingerprint density at radius 1 is 0.687 bits per heavy atom. The first-order valence-corrected chi connectivity index (χ1v) is 37.7. The summed E-state index contributed by atoms with van der Waals surface area (Å²) in [5.41, 5.74) is 8.37. The number of nitrogens with one attached hydrogen (secondary N) is 4. The van der Waals surface area contributed by atoms with Crippen molar-refractivity contribution in [3.63, 3.8) is 0 Å². The number of halogens is 5. The van der Waals surface area contributed by atoms with Crippen LogP contribution in [0.15, 0.2) is 223 Å². The lowest BCUT2D eigenvalue weighted by Crippen LogP contribution is -2.41. The van der Waals surface area contributed by atoms with Gasteiger partial charge in [0.05, 0.1) is 55.5 Å². The third kappa shape index (κ3) is 26.3. The second kappa shape index (κ2) is 41.3. The monoisotopic (exact) mass is 1610 g/mol. The van der Waals surface area contributed by atoms with Gasteiger partial charge in [-0.05, 0) is 176 Å². The number of non-ortho nitro benzene ring substituents is 2. The van der Waals surface area contributed by atoms with Gasteiger partial charge in [0.1, 0.15) is 23.0 Å². The number of carbonyl (C=O) groups is 5. The molecule has 1 atom stereocenters. The average molecular weight is 1610 g/mol. The average Bonchev–Trinajstić information content (AvgIpc) is 0.841. The fourth-order valence-corrected chi connectivity index (χ4v) is 12.5. The number of ketones is 1. The topological polar surface area (TPSA) is 318 Å². The number of para-hydroxylation sites is 1. The number of alkyl halides is 3. The van der Waals surface area contributed by atoms with Gasteiger partial charge in [-0.2, -0.15) is 13.2 Å². The highest BCUT2D eigenvalue weighted by atomic mass is 35.5. The molecule has 6 N–H and O–H groups in total. The number of ether oxygens (including phenoxy) is 2. The Balaban J connectivity index is 0.000000205. The summed E-state index contributed by atoms with van der Waals surface area (Å²) in [7, 11) is 0. The second-order valence-corrected chi connectivity index (χ2v) is 28.9. The van der Waals surface area contributed by atoms with Crippen LogP contribution in [0.3, 0.4) is 0 Å². The number of hydrogen-bond donors (Lipinski definition) is 6.